The average molecular weight is 302 g/mol. The van der Waals surface area contributed by atoms with Gasteiger partial charge in [-0.25, -0.2) is 0 Å². The minimum absolute atomic E-state index is 0.00167. The third kappa shape index (κ3) is 3.93. The minimum atomic E-state index is -0.278. The summed E-state index contributed by atoms with van der Waals surface area (Å²) in [5.41, 5.74) is 8.48. The quantitative estimate of drug-likeness (QED) is 0.860. The highest BCUT2D eigenvalue weighted by molar-refractivity contribution is 7.10. The van der Waals surface area contributed by atoms with Gasteiger partial charge < -0.3 is 11.1 Å². The summed E-state index contributed by atoms with van der Waals surface area (Å²) in [5.74, 6) is -0.251. The van der Waals surface area contributed by atoms with Crippen molar-refractivity contribution in [3.05, 3.63) is 57.8 Å². The van der Waals surface area contributed by atoms with Crippen molar-refractivity contribution in [3.63, 3.8) is 0 Å². The van der Waals surface area contributed by atoms with Crippen molar-refractivity contribution in [1.82, 2.24) is 5.32 Å². The Kier molecular flexibility index (Phi) is 5.53. The second-order valence-corrected chi connectivity index (χ2v) is 6.17. The number of aryl methyl sites for hydroxylation is 1. The van der Waals surface area contributed by atoms with Gasteiger partial charge in [-0.05, 0) is 29.0 Å². The molecular weight excluding hydrogens is 280 g/mol. The number of rotatable bonds is 6. The molecule has 1 amide bonds. The van der Waals surface area contributed by atoms with E-state index in [0.29, 0.717) is 6.54 Å². The van der Waals surface area contributed by atoms with E-state index in [1.807, 2.05) is 37.3 Å². The summed E-state index contributed by atoms with van der Waals surface area (Å²) in [6.45, 7) is 4.59. The van der Waals surface area contributed by atoms with Crippen molar-refractivity contribution in [2.75, 3.05) is 0 Å². The molecule has 2 unspecified atom stereocenters. The van der Waals surface area contributed by atoms with Gasteiger partial charge in [0.2, 0.25) is 5.91 Å². The van der Waals surface area contributed by atoms with Crippen molar-refractivity contribution in [2.45, 2.75) is 32.9 Å². The van der Waals surface area contributed by atoms with Crippen LogP contribution >= 0.6 is 11.3 Å². The average Bonchev–Trinajstić information content (AvgIpc) is 2.99. The van der Waals surface area contributed by atoms with E-state index >= 15 is 0 Å². The Balaban J connectivity index is 1.94. The van der Waals surface area contributed by atoms with E-state index in [9.17, 15) is 4.79 Å². The molecule has 0 fully saturated rings. The molecule has 0 aliphatic heterocycles. The fraction of sp³-hybridized carbons (Fsp3) is 0.353. The van der Waals surface area contributed by atoms with Crippen molar-refractivity contribution >= 4 is 17.2 Å². The van der Waals surface area contributed by atoms with Gasteiger partial charge in [-0.2, -0.15) is 0 Å². The van der Waals surface area contributed by atoms with E-state index in [2.05, 4.69) is 23.7 Å². The van der Waals surface area contributed by atoms with Crippen molar-refractivity contribution in [2.24, 2.45) is 11.7 Å². The summed E-state index contributed by atoms with van der Waals surface area (Å²) < 4.78 is 0. The number of hydrogen-bond acceptors (Lipinski definition) is 3. The lowest BCUT2D eigenvalue weighted by atomic mass is 9.94. The predicted octanol–water partition coefficient (Wildman–Crippen LogP) is 3.26. The van der Waals surface area contributed by atoms with Gasteiger partial charge in [0.25, 0.3) is 0 Å². The Morgan fingerprint density at radius 1 is 1.29 bits per heavy atom. The number of thiophene rings is 1. The predicted molar refractivity (Wildman–Crippen MR) is 88.1 cm³/mol. The van der Waals surface area contributed by atoms with Gasteiger partial charge in [-0.1, -0.05) is 44.2 Å². The van der Waals surface area contributed by atoms with E-state index in [1.54, 1.807) is 11.3 Å². The minimum Gasteiger partial charge on any atom is -0.351 e. The summed E-state index contributed by atoms with van der Waals surface area (Å²) in [4.78, 5) is 13.5. The van der Waals surface area contributed by atoms with Crippen LogP contribution in [-0.2, 0) is 17.8 Å². The van der Waals surface area contributed by atoms with Crippen LogP contribution in [0.3, 0.4) is 0 Å². The number of carbonyl (C=O) groups is 1. The summed E-state index contributed by atoms with van der Waals surface area (Å²) in [6.07, 6.45) is 0.994. The van der Waals surface area contributed by atoms with Gasteiger partial charge >= 0.3 is 0 Å². The molecule has 0 aliphatic carbocycles. The molecule has 21 heavy (non-hydrogen) atoms. The fourth-order valence-corrected chi connectivity index (χ4v) is 3.21. The van der Waals surface area contributed by atoms with Crippen LogP contribution in [0.1, 0.15) is 35.9 Å². The van der Waals surface area contributed by atoms with E-state index < -0.39 is 0 Å². The van der Waals surface area contributed by atoms with Crippen LogP contribution < -0.4 is 11.1 Å². The summed E-state index contributed by atoms with van der Waals surface area (Å²) in [5, 5.41) is 5.07. The van der Waals surface area contributed by atoms with Crippen molar-refractivity contribution < 1.29 is 4.79 Å². The lowest BCUT2D eigenvalue weighted by molar-refractivity contribution is -0.125. The maximum absolute atomic E-state index is 12.3. The van der Waals surface area contributed by atoms with E-state index in [1.165, 1.54) is 10.4 Å². The monoisotopic (exact) mass is 302 g/mol. The molecule has 0 bridgehead atoms. The number of nitrogens with two attached hydrogens (primary N) is 1. The molecular formula is C17H22N2OS. The molecule has 3 nitrogen and oxygen atoms in total. The third-order valence-corrected chi connectivity index (χ3v) is 4.74. The molecule has 0 radical (unpaired) electrons. The van der Waals surface area contributed by atoms with Crippen molar-refractivity contribution in [1.29, 1.82) is 0 Å². The first kappa shape index (κ1) is 15.7. The first-order valence-corrected chi connectivity index (χ1v) is 8.15. The van der Waals surface area contributed by atoms with Gasteiger partial charge in [0.05, 0.1) is 12.5 Å². The molecule has 1 aromatic heterocycles. The first-order chi connectivity index (χ1) is 10.1. The zero-order chi connectivity index (χ0) is 15.2. The van der Waals surface area contributed by atoms with Gasteiger partial charge in [0.1, 0.15) is 0 Å². The number of nitrogens with one attached hydrogen (secondary N) is 1. The molecule has 1 heterocycles. The zero-order valence-electron chi connectivity index (χ0n) is 12.5. The maximum Gasteiger partial charge on any atom is 0.225 e. The number of amides is 1. The van der Waals surface area contributed by atoms with Crippen LogP contribution in [0.2, 0.25) is 0 Å². The first-order valence-electron chi connectivity index (χ1n) is 7.27. The zero-order valence-corrected chi connectivity index (χ0v) is 13.3. The fourth-order valence-electron chi connectivity index (χ4n) is 2.29. The van der Waals surface area contributed by atoms with Crippen LogP contribution in [0.4, 0.5) is 0 Å². The van der Waals surface area contributed by atoms with Crippen molar-refractivity contribution in [3.8, 4) is 0 Å². The van der Waals surface area contributed by atoms with E-state index in [0.717, 1.165) is 12.0 Å². The molecule has 2 rings (SSSR count). The normalized spacial score (nSPS) is 13.7. The van der Waals surface area contributed by atoms with Crippen LogP contribution in [0.15, 0.2) is 41.8 Å². The standard InChI is InChI=1S/C17H22N2OS/c1-3-13-9-10-21-15(13)11-19-17(20)12(2)16(18)14-7-5-4-6-8-14/h4-10,12,16H,3,11,18H2,1-2H3,(H,19,20). The number of carbonyl (C=O) groups excluding carboxylic acids is 1. The van der Waals surface area contributed by atoms with Crippen LogP contribution in [0.25, 0.3) is 0 Å². The molecule has 112 valence electrons. The molecule has 3 N–H and O–H groups in total. The summed E-state index contributed by atoms with van der Waals surface area (Å²) in [7, 11) is 0. The Labute approximate surface area is 130 Å². The lowest BCUT2D eigenvalue weighted by Crippen LogP contribution is -2.35. The Bertz CT molecular complexity index is 579. The molecule has 2 atom stereocenters. The van der Waals surface area contributed by atoms with E-state index in [4.69, 9.17) is 5.73 Å². The smallest absolute Gasteiger partial charge is 0.225 e. The highest BCUT2D eigenvalue weighted by Crippen LogP contribution is 2.20. The molecule has 0 saturated carbocycles. The topological polar surface area (TPSA) is 55.1 Å². The molecule has 1 aromatic carbocycles. The Morgan fingerprint density at radius 3 is 2.67 bits per heavy atom. The van der Waals surface area contributed by atoms with Gasteiger partial charge in [-0.3, -0.25) is 4.79 Å². The second kappa shape index (κ2) is 7.38. The van der Waals surface area contributed by atoms with Gasteiger partial charge in [0, 0.05) is 10.9 Å². The highest BCUT2D eigenvalue weighted by atomic mass is 32.1. The summed E-state index contributed by atoms with van der Waals surface area (Å²) in [6, 6.07) is 11.6. The van der Waals surface area contributed by atoms with Crippen LogP contribution in [-0.4, -0.2) is 5.91 Å². The highest BCUT2D eigenvalue weighted by Gasteiger charge is 2.22. The third-order valence-electron chi connectivity index (χ3n) is 3.78. The lowest BCUT2D eigenvalue weighted by Gasteiger charge is -2.19. The molecule has 0 spiro atoms. The largest absolute Gasteiger partial charge is 0.351 e. The van der Waals surface area contributed by atoms with Gasteiger partial charge in [0.15, 0.2) is 0 Å². The molecule has 2 aromatic rings. The van der Waals surface area contributed by atoms with Crippen LogP contribution in [0.5, 0.6) is 0 Å². The molecule has 4 heteroatoms. The molecule has 0 saturated heterocycles. The summed E-state index contributed by atoms with van der Waals surface area (Å²) >= 11 is 1.69. The SMILES string of the molecule is CCc1ccsc1CNC(=O)C(C)C(N)c1ccccc1. The Hall–Kier alpha value is -1.65. The second-order valence-electron chi connectivity index (χ2n) is 5.17. The Morgan fingerprint density at radius 2 is 2.00 bits per heavy atom. The van der Waals surface area contributed by atoms with E-state index in [-0.39, 0.29) is 17.9 Å². The van der Waals surface area contributed by atoms with Gasteiger partial charge in [-0.15, -0.1) is 11.3 Å². The molecule has 0 aliphatic rings. The number of hydrogen-bond donors (Lipinski definition) is 2. The number of benzene rings is 1. The van der Waals surface area contributed by atoms with Crippen LogP contribution in [0, 0.1) is 5.92 Å². The maximum atomic E-state index is 12.3.